The number of hydrogen-bond acceptors (Lipinski definition) is 4. The third kappa shape index (κ3) is 2.48. The van der Waals surface area contributed by atoms with Gasteiger partial charge in [0, 0.05) is 25.2 Å². The first-order valence-electron chi connectivity index (χ1n) is 6.48. The second-order valence-corrected chi connectivity index (χ2v) is 5.50. The van der Waals surface area contributed by atoms with Crippen LogP contribution < -0.4 is 11.2 Å². The molecule has 0 atom stereocenters. The number of nitrogens with one attached hydrogen (secondary N) is 1. The molecule has 0 amide bonds. The van der Waals surface area contributed by atoms with E-state index in [0.717, 1.165) is 39.1 Å². The van der Waals surface area contributed by atoms with Crippen LogP contribution in [-0.2, 0) is 4.74 Å². The van der Waals surface area contributed by atoms with Crippen molar-refractivity contribution >= 4 is 11.6 Å². The van der Waals surface area contributed by atoms with E-state index >= 15 is 0 Å². The third-order valence-electron chi connectivity index (χ3n) is 3.93. The molecule has 2 aliphatic rings. The van der Waals surface area contributed by atoms with Gasteiger partial charge in [0.2, 0.25) is 0 Å². The molecule has 0 radical (unpaired) electrons. The standard InChI is InChI=1S/C12H16ClN3O3/c13-10-5-11(17)16(12(18)14-10)8-1-3-15(4-2-8)9-6-19-7-9/h5,8-9H,1-4,6-7H2,(H,14,18). The monoisotopic (exact) mass is 285 g/mol. The van der Waals surface area contributed by atoms with Crippen molar-refractivity contribution in [1.82, 2.24) is 14.5 Å². The van der Waals surface area contributed by atoms with Gasteiger partial charge in [-0.1, -0.05) is 11.6 Å². The lowest BCUT2D eigenvalue weighted by molar-refractivity contribution is -0.0733. The normalized spacial score (nSPS) is 22.4. The Morgan fingerprint density at radius 3 is 2.42 bits per heavy atom. The van der Waals surface area contributed by atoms with Crippen LogP contribution in [0.3, 0.4) is 0 Å². The number of rotatable bonds is 2. The number of piperidine rings is 1. The van der Waals surface area contributed by atoms with Gasteiger partial charge < -0.3 is 4.74 Å². The van der Waals surface area contributed by atoms with Crippen LogP contribution in [0.1, 0.15) is 18.9 Å². The van der Waals surface area contributed by atoms with E-state index in [2.05, 4.69) is 9.88 Å². The lowest BCUT2D eigenvalue weighted by Crippen LogP contribution is -2.53. The van der Waals surface area contributed by atoms with Crippen molar-refractivity contribution in [3.63, 3.8) is 0 Å². The fourth-order valence-corrected chi connectivity index (χ4v) is 2.94. The molecule has 0 spiro atoms. The number of hydrogen-bond donors (Lipinski definition) is 1. The molecule has 1 aromatic rings. The van der Waals surface area contributed by atoms with Gasteiger partial charge in [0.15, 0.2) is 0 Å². The Morgan fingerprint density at radius 1 is 1.21 bits per heavy atom. The average Bonchev–Trinajstić information content (AvgIpc) is 2.27. The Balaban J connectivity index is 1.74. The highest BCUT2D eigenvalue weighted by Crippen LogP contribution is 2.23. The van der Waals surface area contributed by atoms with Crippen LogP contribution in [0.2, 0.25) is 5.15 Å². The summed E-state index contributed by atoms with van der Waals surface area (Å²) in [7, 11) is 0. The van der Waals surface area contributed by atoms with Crippen LogP contribution in [0, 0.1) is 0 Å². The van der Waals surface area contributed by atoms with Gasteiger partial charge in [-0.25, -0.2) is 4.79 Å². The van der Waals surface area contributed by atoms with Gasteiger partial charge in [-0.2, -0.15) is 0 Å². The topological polar surface area (TPSA) is 67.3 Å². The maximum absolute atomic E-state index is 11.9. The predicted molar refractivity (Wildman–Crippen MR) is 70.8 cm³/mol. The Morgan fingerprint density at radius 2 is 1.89 bits per heavy atom. The zero-order valence-electron chi connectivity index (χ0n) is 10.5. The molecule has 0 aliphatic carbocycles. The maximum Gasteiger partial charge on any atom is 0.329 e. The molecule has 1 N–H and O–H groups in total. The zero-order valence-corrected chi connectivity index (χ0v) is 11.2. The molecule has 0 bridgehead atoms. The predicted octanol–water partition coefficient (Wildman–Crippen LogP) is 0.226. The molecule has 2 aliphatic heterocycles. The van der Waals surface area contributed by atoms with Crippen molar-refractivity contribution in [3.8, 4) is 0 Å². The van der Waals surface area contributed by atoms with Gasteiger partial charge >= 0.3 is 5.69 Å². The van der Waals surface area contributed by atoms with Crippen LogP contribution in [-0.4, -0.2) is 46.8 Å². The molecule has 7 heteroatoms. The Bertz CT molecular complexity index is 539. The Hall–Kier alpha value is -1.11. The minimum Gasteiger partial charge on any atom is -0.378 e. The molecule has 3 heterocycles. The number of nitrogens with zero attached hydrogens (tertiary/aromatic N) is 2. The summed E-state index contributed by atoms with van der Waals surface area (Å²) in [6, 6.07) is 1.74. The van der Waals surface area contributed by atoms with Gasteiger partial charge in [0.25, 0.3) is 5.56 Å². The van der Waals surface area contributed by atoms with E-state index in [9.17, 15) is 9.59 Å². The van der Waals surface area contributed by atoms with E-state index in [1.165, 1.54) is 10.6 Å². The Labute approximate surface area is 114 Å². The third-order valence-corrected chi connectivity index (χ3v) is 4.14. The summed E-state index contributed by atoms with van der Waals surface area (Å²) in [5.41, 5.74) is -0.734. The fourth-order valence-electron chi connectivity index (χ4n) is 2.77. The highest BCUT2D eigenvalue weighted by atomic mass is 35.5. The van der Waals surface area contributed by atoms with Crippen molar-refractivity contribution in [2.75, 3.05) is 26.3 Å². The molecule has 2 fully saturated rings. The van der Waals surface area contributed by atoms with Crippen LogP contribution in [0.15, 0.2) is 15.7 Å². The van der Waals surface area contributed by atoms with E-state index in [1.807, 2.05) is 0 Å². The molecule has 3 rings (SSSR count). The largest absolute Gasteiger partial charge is 0.378 e. The van der Waals surface area contributed by atoms with Crippen molar-refractivity contribution in [2.45, 2.75) is 24.9 Å². The van der Waals surface area contributed by atoms with Crippen molar-refractivity contribution in [2.24, 2.45) is 0 Å². The minimum absolute atomic E-state index is 0.0363. The molecule has 19 heavy (non-hydrogen) atoms. The van der Waals surface area contributed by atoms with E-state index in [0.29, 0.717) is 6.04 Å². The molecule has 0 unspecified atom stereocenters. The number of halogens is 1. The summed E-state index contributed by atoms with van der Waals surface area (Å²) in [6.07, 6.45) is 1.61. The molecule has 6 nitrogen and oxygen atoms in total. The molecule has 0 saturated carbocycles. The van der Waals surface area contributed by atoms with Gasteiger partial charge in [-0.05, 0) is 12.8 Å². The van der Waals surface area contributed by atoms with Gasteiger partial charge in [-0.3, -0.25) is 19.2 Å². The van der Waals surface area contributed by atoms with Crippen molar-refractivity contribution in [3.05, 3.63) is 32.1 Å². The van der Waals surface area contributed by atoms with E-state index in [-0.39, 0.29) is 16.8 Å². The first-order valence-corrected chi connectivity index (χ1v) is 6.86. The summed E-state index contributed by atoms with van der Waals surface area (Å²) >= 11 is 5.66. The van der Waals surface area contributed by atoms with E-state index in [4.69, 9.17) is 16.3 Å². The summed E-state index contributed by atoms with van der Waals surface area (Å²) in [4.78, 5) is 28.5. The van der Waals surface area contributed by atoms with Crippen LogP contribution in [0.5, 0.6) is 0 Å². The minimum atomic E-state index is -0.414. The number of ether oxygens (including phenoxy) is 1. The van der Waals surface area contributed by atoms with E-state index < -0.39 is 5.69 Å². The lowest BCUT2D eigenvalue weighted by atomic mass is 10.0. The molecular formula is C12H16ClN3O3. The van der Waals surface area contributed by atoms with Crippen LogP contribution in [0.4, 0.5) is 0 Å². The maximum atomic E-state index is 11.9. The highest BCUT2D eigenvalue weighted by Gasteiger charge is 2.30. The van der Waals surface area contributed by atoms with Gasteiger partial charge in [0.05, 0.1) is 19.3 Å². The Kier molecular flexibility index (Phi) is 3.47. The number of H-pyrrole nitrogens is 1. The molecule has 2 saturated heterocycles. The molecule has 1 aromatic heterocycles. The van der Waals surface area contributed by atoms with E-state index in [1.54, 1.807) is 0 Å². The lowest BCUT2D eigenvalue weighted by Gasteiger charge is -2.41. The van der Waals surface area contributed by atoms with Crippen molar-refractivity contribution in [1.29, 1.82) is 0 Å². The van der Waals surface area contributed by atoms with Crippen LogP contribution >= 0.6 is 11.6 Å². The summed E-state index contributed by atoms with van der Waals surface area (Å²) in [6.45, 7) is 3.39. The van der Waals surface area contributed by atoms with Crippen LogP contribution in [0.25, 0.3) is 0 Å². The molecule has 0 aromatic carbocycles. The SMILES string of the molecule is O=c1cc(Cl)[nH]c(=O)n1C1CCN(C2COC2)CC1. The summed E-state index contributed by atoms with van der Waals surface area (Å²) < 4.78 is 6.48. The second-order valence-electron chi connectivity index (χ2n) is 5.09. The number of aromatic nitrogens is 2. The summed E-state index contributed by atoms with van der Waals surface area (Å²) in [5.74, 6) is 0. The molecule has 104 valence electrons. The zero-order chi connectivity index (χ0) is 13.4. The smallest absolute Gasteiger partial charge is 0.329 e. The summed E-state index contributed by atoms with van der Waals surface area (Å²) in [5, 5.41) is 0.0929. The first kappa shape index (κ1) is 12.9. The quantitative estimate of drug-likeness (QED) is 0.790. The highest BCUT2D eigenvalue weighted by molar-refractivity contribution is 6.29. The second kappa shape index (κ2) is 5.11. The van der Waals surface area contributed by atoms with Crippen molar-refractivity contribution < 1.29 is 4.74 Å². The first-order chi connectivity index (χ1) is 9.15. The average molecular weight is 286 g/mol. The molecular weight excluding hydrogens is 270 g/mol. The van der Waals surface area contributed by atoms with Gasteiger partial charge in [-0.15, -0.1) is 0 Å². The number of likely N-dealkylation sites (tertiary alicyclic amines) is 1. The number of aromatic amines is 1. The van der Waals surface area contributed by atoms with Gasteiger partial charge in [0.1, 0.15) is 5.15 Å². The fraction of sp³-hybridized carbons (Fsp3) is 0.667.